The Balaban J connectivity index is 1.73. The van der Waals surface area contributed by atoms with Gasteiger partial charge in [0.05, 0.1) is 13.2 Å². The average molecular weight is 1040 g/mol. The lowest BCUT2D eigenvalue weighted by molar-refractivity contribution is -0.396. The lowest BCUT2D eigenvalue weighted by Gasteiger charge is -2.51. The molecule has 5 aliphatic heterocycles. The molecule has 0 aromatic carbocycles. The molecule has 72 heavy (non-hydrogen) atoms. The zero-order chi connectivity index (χ0) is 53.3. The van der Waals surface area contributed by atoms with E-state index in [0.717, 1.165) is 69.2 Å². The van der Waals surface area contributed by atoms with Gasteiger partial charge in [-0.3, -0.25) is 47.9 Å². The molecule has 404 valence electrons. The Morgan fingerprint density at radius 1 is 0.375 bits per heavy atom. The van der Waals surface area contributed by atoms with E-state index in [4.69, 9.17) is 85.3 Å². The smallest absolute Gasteiger partial charge is 0.303 e. The third kappa shape index (κ3) is 15.2. The Morgan fingerprint density at radius 3 is 1.31 bits per heavy atom. The van der Waals surface area contributed by atoms with Gasteiger partial charge in [0.15, 0.2) is 74.0 Å². The number of aliphatic hydroxyl groups excluding tert-OH is 1. The van der Waals surface area contributed by atoms with Crippen LogP contribution in [-0.4, -0.2) is 208 Å². The van der Waals surface area contributed by atoms with Crippen molar-refractivity contribution in [2.75, 3.05) is 26.4 Å². The molecule has 29 nitrogen and oxygen atoms in total. The molecule has 5 heterocycles. The summed E-state index contributed by atoms with van der Waals surface area (Å²) in [6.45, 7) is 7.75. The van der Waals surface area contributed by atoms with E-state index in [1.54, 1.807) is 0 Å². The van der Waals surface area contributed by atoms with Crippen molar-refractivity contribution < 1.29 is 138 Å². The third-order valence-corrected chi connectivity index (χ3v) is 10.8. The number of hydrogen-bond acceptors (Lipinski definition) is 29. The first-order valence-corrected chi connectivity index (χ1v) is 22.3. The summed E-state index contributed by atoms with van der Waals surface area (Å²) in [6.07, 6.45) is -32.9. The van der Waals surface area contributed by atoms with Crippen molar-refractivity contribution in [2.45, 2.75) is 186 Å². The SMILES string of the molecule is CC(=O)OC[C@H]1O[C@@H](O[C@H]2[C@H](OC(C)=O)[C@@H](OC(C)=O)[C@@H]3OC[C@H]2O3)[C@@H](O[C@@H]2OC[C@@H](OC(C)=O)[C@H](OC(C)=O)[C@H]2OC(C)=O)[C@@H](O[C@H]2O[C@H](COC(C)=O)[C@@H](OC(C)=O)[C@H](OC(C)=O)[C@@H]2O)[C@@H]1OC(C)=O. The van der Waals surface area contributed by atoms with E-state index in [-0.39, 0.29) is 6.61 Å². The van der Waals surface area contributed by atoms with Crippen molar-refractivity contribution in [1.29, 1.82) is 0 Å². The summed E-state index contributed by atoms with van der Waals surface area (Å²) in [7, 11) is 0. The normalized spacial score (nSPS) is 36.0. The van der Waals surface area contributed by atoms with Gasteiger partial charge in [-0.1, -0.05) is 0 Å². The summed E-state index contributed by atoms with van der Waals surface area (Å²) in [5, 5.41) is 12.0. The van der Waals surface area contributed by atoms with Gasteiger partial charge in [0.1, 0.15) is 55.9 Å². The van der Waals surface area contributed by atoms with Gasteiger partial charge in [0.25, 0.3) is 0 Å². The Labute approximate surface area is 409 Å². The van der Waals surface area contributed by atoms with Gasteiger partial charge in [-0.15, -0.1) is 0 Å². The van der Waals surface area contributed by atoms with E-state index in [1.165, 1.54) is 0 Å². The van der Waals surface area contributed by atoms with E-state index in [2.05, 4.69) is 0 Å². The predicted octanol–water partition coefficient (Wildman–Crippen LogP) is -2.36. The van der Waals surface area contributed by atoms with Crippen molar-refractivity contribution in [1.82, 2.24) is 0 Å². The van der Waals surface area contributed by atoms with Crippen LogP contribution in [0, 0.1) is 0 Å². The van der Waals surface area contributed by atoms with Crippen molar-refractivity contribution in [3.63, 3.8) is 0 Å². The monoisotopic (exact) mass is 1040 g/mol. The van der Waals surface area contributed by atoms with Gasteiger partial charge >= 0.3 is 59.7 Å². The molecule has 0 spiro atoms. The molecule has 0 aliphatic carbocycles. The molecule has 0 aromatic rings. The molecule has 5 aliphatic rings. The van der Waals surface area contributed by atoms with Crippen molar-refractivity contribution in [3.8, 4) is 0 Å². The maximum atomic E-state index is 13.1. The number of esters is 10. The fourth-order valence-electron chi connectivity index (χ4n) is 8.39. The van der Waals surface area contributed by atoms with Crippen LogP contribution < -0.4 is 0 Å². The molecule has 0 unspecified atom stereocenters. The first-order chi connectivity index (χ1) is 33.8. The molecule has 29 heteroatoms. The van der Waals surface area contributed by atoms with Gasteiger partial charge < -0.3 is 90.4 Å². The highest BCUT2D eigenvalue weighted by molar-refractivity contribution is 5.70. The van der Waals surface area contributed by atoms with Crippen LogP contribution >= 0.6 is 0 Å². The zero-order valence-corrected chi connectivity index (χ0v) is 40.7. The fourth-order valence-corrected chi connectivity index (χ4v) is 8.39. The standard InChI is InChI=1S/C43H58O29/c1-15(44)55-11-26-30(60-18(4)47)34(63-21(7)50)29(54)40(67-26)71-36-31(61-19(5)48)27(12-56-16(2)45)69-43(70-32-28-14-57-41(68-28)38(66-24(10)53)35(32)64-22(8)51)39(36)72-42-37(65-23(9)52)33(62-20(6)49)25(13-58-42)59-17(3)46/h25-43,54H,11-14H2,1-10H3/t25-,26-,27-,28-,29+,30-,31-,32-,33+,34-,35+,36+,37-,38-,39+,40-,41-,42+,43+/m1/s1. The quantitative estimate of drug-likeness (QED) is 0.111. The number of ether oxygens (including phenoxy) is 18. The molecule has 5 saturated heterocycles. The van der Waals surface area contributed by atoms with Crippen molar-refractivity contribution in [3.05, 3.63) is 0 Å². The van der Waals surface area contributed by atoms with Gasteiger partial charge in [-0.25, -0.2) is 0 Å². The fraction of sp³-hybridized carbons (Fsp3) is 0.767. The lowest BCUT2D eigenvalue weighted by atomic mass is 9.95. The van der Waals surface area contributed by atoms with Crippen LogP contribution in [-0.2, 0) is 133 Å². The zero-order valence-electron chi connectivity index (χ0n) is 40.7. The second kappa shape index (κ2) is 25.3. The molecule has 0 amide bonds. The Kier molecular flexibility index (Phi) is 20.1. The number of hydrogen-bond donors (Lipinski definition) is 1. The number of carbonyl (C=O) groups excluding carboxylic acids is 10. The average Bonchev–Trinajstić information content (AvgIpc) is 3.70. The lowest BCUT2D eigenvalue weighted by Crippen LogP contribution is -2.69. The highest BCUT2D eigenvalue weighted by atomic mass is 16.8. The number of carbonyl (C=O) groups is 10. The van der Waals surface area contributed by atoms with Gasteiger partial charge in [0.2, 0.25) is 0 Å². The molecule has 0 saturated carbocycles. The largest absolute Gasteiger partial charge is 0.463 e. The highest BCUT2D eigenvalue weighted by Gasteiger charge is 2.61. The Morgan fingerprint density at radius 2 is 0.792 bits per heavy atom. The van der Waals surface area contributed by atoms with E-state index in [9.17, 15) is 53.1 Å². The summed E-state index contributed by atoms with van der Waals surface area (Å²) in [5.74, 6) is -9.29. The molecule has 19 atom stereocenters. The van der Waals surface area contributed by atoms with Gasteiger partial charge in [-0.05, 0) is 0 Å². The number of aliphatic hydroxyl groups is 1. The van der Waals surface area contributed by atoms with Crippen LogP contribution in [0.1, 0.15) is 69.2 Å². The van der Waals surface area contributed by atoms with Crippen LogP contribution in [0.15, 0.2) is 0 Å². The first-order valence-electron chi connectivity index (χ1n) is 22.3. The minimum absolute atomic E-state index is 0.273. The molecular formula is C43H58O29. The Hall–Kier alpha value is -5.66. The van der Waals surface area contributed by atoms with Gasteiger partial charge in [-0.2, -0.15) is 0 Å². The van der Waals surface area contributed by atoms with E-state index >= 15 is 0 Å². The number of rotatable bonds is 18. The summed E-state index contributed by atoms with van der Waals surface area (Å²) in [5.41, 5.74) is 0. The molecule has 0 aromatic heterocycles. The minimum atomic E-state index is -2.16. The van der Waals surface area contributed by atoms with Crippen LogP contribution in [0.3, 0.4) is 0 Å². The van der Waals surface area contributed by atoms with Crippen LogP contribution in [0.4, 0.5) is 0 Å². The summed E-state index contributed by atoms with van der Waals surface area (Å²) >= 11 is 0. The second-order valence-corrected chi connectivity index (χ2v) is 16.7. The third-order valence-electron chi connectivity index (χ3n) is 10.8. The van der Waals surface area contributed by atoms with Crippen molar-refractivity contribution >= 4 is 59.7 Å². The second-order valence-electron chi connectivity index (χ2n) is 16.7. The summed E-state index contributed by atoms with van der Waals surface area (Å²) in [4.78, 5) is 125. The summed E-state index contributed by atoms with van der Waals surface area (Å²) < 4.78 is 104. The molecular weight excluding hydrogens is 980 g/mol. The molecule has 5 fully saturated rings. The van der Waals surface area contributed by atoms with Crippen molar-refractivity contribution in [2.24, 2.45) is 0 Å². The Bertz CT molecular complexity index is 2010. The number of fused-ring (bicyclic) bond motifs is 2. The van der Waals surface area contributed by atoms with E-state index in [1.807, 2.05) is 0 Å². The van der Waals surface area contributed by atoms with Crippen LogP contribution in [0.25, 0.3) is 0 Å². The molecule has 0 radical (unpaired) electrons. The molecule has 2 bridgehead atoms. The first kappa shape index (κ1) is 57.2. The van der Waals surface area contributed by atoms with E-state index < -0.39 is 196 Å². The van der Waals surface area contributed by atoms with Crippen LogP contribution in [0.2, 0.25) is 0 Å². The van der Waals surface area contributed by atoms with Gasteiger partial charge in [0, 0.05) is 69.2 Å². The maximum Gasteiger partial charge on any atom is 0.303 e. The summed E-state index contributed by atoms with van der Waals surface area (Å²) in [6, 6.07) is 0. The minimum Gasteiger partial charge on any atom is -0.463 e. The van der Waals surface area contributed by atoms with Crippen LogP contribution in [0.5, 0.6) is 0 Å². The highest BCUT2D eigenvalue weighted by Crippen LogP contribution is 2.40. The van der Waals surface area contributed by atoms with E-state index in [0.29, 0.717) is 0 Å². The maximum absolute atomic E-state index is 13.1. The predicted molar refractivity (Wildman–Crippen MR) is 220 cm³/mol. The molecule has 1 N–H and O–H groups in total. The topological polar surface area (TPSA) is 357 Å². The molecule has 5 rings (SSSR count).